The van der Waals surface area contributed by atoms with Gasteiger partial charge in [-0.2, -0.15) is 5.10 Å². The minimum absolute atomic E-state index is 0.255. The largest absolute Gasteiger partial charge is 0.422 e. The Morgan fingerprint density at radius 2 is 1.77 bits per heavy atom. The molecule has 0 saturated carbocycles. The van der Waals surface area contributed by atoms with Crippen LogP contribution in [-0.4, -0.2) is 23.1 Å². The topological polar surface area (TPSA) is 80.6 Å². The first kappa shape index (κ1) is 20.3. The van der Waals surface area contributed by atoms with Crippen LogP contribution in [0.4, 0.5) is 0 Å². The first-order chi connectivity index (χ1) is 15.1. The van der Waals surface area contributed by atoms with E-state index in [1.165, 1.54) is 12.4 Å². The lowest BCUT2D eigenvalue weighted by molar-refractivity contribution is 0.0734. The summed E-state index contributed by atoms with van der Waals surface area (Å²) in [7, 11) is 0. The van der Waals surface area contributed by atoms with Crippen molar-refractivity contribution in [1.82, 2.24) is 10.4 Å². The minimum Gasteiger partial charge on any atom is -0.422 e. The molecule has 152 valence electrons. The molecule has 4 rings (SSSR count). The molecule has 0 unspecified atom stereocenters. The smallest absolute Gasteiger partial charge is 0.345 e. The number of pyridine rings is 1. The monoisotopic (exact) mass is 429 g/mol. The SMILES string of the molecule is O=C(N/N=C/c1c(OC(=O)c2ccccc2Cl)ccc2ccccc12)c1cccnc1. The summed E-state index contributed by atoms with van der Waals surface area (Å²) in [5, 5.41) is 6.10. The van der Waals surface area contributed by atoms with E-state index in [2.05, 4.69) is 15.5 Å². The molecule has 4 aromatic rings. The standard InChI is InChI=1S/C24H16ClN3O3/c25-21-10-4-3-9-19(21)24(30)31-22-12-11-16-6-1-2-8-18(16)20(22)15-27-28-23(29)17-7-5-13-26-14-17/h1-15H,(H,28,29)/b27-15+. The molecular weight excluding hydrogens is 414 g/mol. The number of ether oxygens (including phenoxy) is 1. The molecule has 1 aromatic heterocycles. The summed E-state index contributed by atoms with van der Waals surface area (Å²) in [6.07, 6.45) is 4.47. The average Bonchev–Trinajstić information content (AvgIpc) is 2.81. The molecule has 0 aliphatic heterocycles. The van der Waals surface area contributed by atoms with Crippen molar-refractivity contribution in [3.8, 4) is 5.75 Å². The molecular formula is C24H16ClN3O3. The van der Waals surface area contributed by atoms with Gasteiger partial charge in [0.05, 0.1) is 22.4 Å². The summed E-state index contributed by atoms with van der Waals surface area (Å²) >= 11 is 6.12. The second-order valence-corrected chi connectivity index (χ2v) is 6.92. The predicted molar refractivity (Wildman–Crippen MR) is 120 cm³/mol. The fourth-order valence-corrected chi connectivity index (χ4v) is 3.21. The Morgan fingerprint density at radius 1 is 0.968 bits per heavy atom. The Kier molecular flexibility index (Phi) is 6.01. The predicted octanol–water partition coefficient (Wildman–Crippen LogP) is 4.87. The molecule has 7 heteroatoms. The number of hydrazone groups is 1. The fraction of sp³-hybridized carbons (Fsp3) is 0. The highest BCUT2D eigenvalue weighted by Gasteiger charge is 2.15. The van der Waals surface area contributed by atoms with Crippen LogP contribution in [0.5, 0.6) is 5.75 Å². The molecule has 0 saturated heterocycles. The number of carbonyl (C=O) groups is 2. The van der Waals surface area contributed by atoms with Crippen LogP contribution in [0.15, 0.2) is 90.3 Å². The molecule has 6 nitrogen and oxygen atoms in total. The Bertz CT molecular complexity index is 1290. The van der Waals surface area contributed by atoms with Crippen molar-refractivity contribution in [3.05, 3.63) is 107 Å². The van der Waals surface area contributed by atoms with Gasteiger partial charge in [0.25, 0.3) is 5.91 Å². The second kappa shape index (κ2) is 9.19. The van der Waals surface area contributed by atoms with E-state index in [9.17, 15) is 9.59 Å². The van der Waals surface area contributed by atoms with Gasteiger partial charge in [-0.3, -0.25) is 9.78 Å². The van der Waals surface area contributed by atoms with Gasteiger partial charge in [0.2, 0.25) is 0 Å². The van der Waals surface area contributed by atoms with Crippen molar-refractivity contribution < 1.29 is 14.3 Å². The number of benzene rings is 3. The van der Waals surface area contributed by atoms with Crippen molar-refractivity contribution in [3.63, 3.8) is 0 Å². The highest BCUT2D eigenvalue weighted by atomic mass is 35.5. The van der Waals surface area contributed by atoms with E-state index in [1.54, 1.807) is 48.7 Å². The molecule has 0 fully saturated rings. The molecule has 1 N–H and O–H groups in total. The number of hydrogen-bond acceptors (Lipinski definition) is 5. The summed E-state index contributed by atoms with van der Waals surface area (Å²) in [5.74, 6) is -0.697. The summed E-state index contributed by atoms with van der Waals surface area (Å²) in [5.41, 5.74) is 3.64. The van der Waals surface area contributed by atoms with E-state index in [4.69, 9.17) is 16.3 Å². The lowest BCUT2D eigenvalue weighted by Crippen LogP contribution is -2.18. The van der Waals surface area contributed by atoms with Gasteiger partial charge in [-0.05, 0) is 41.1 Å². The van der Waals surface area contributed by atoms with Crippen LogP contribution in [-0.2, 0) is 0 Å². The summed E-state index contributed by atoms with van der Waals surface area (Å²) < 4.78 is 5.63. The van der Waals surface area contributed by atoms with Crippen LogP contribution in [0.25, 0.3) is 10.8 Å². The van der Waals surface area contributed by atoms with Gasteiger partial charge in [0.15, 0.2) is 0 Å². The number of nitrogens with zero attached hydrogens (tertiary/aromatic N) is 2. The summed E-state index contributed by atoms with van der Waals surface area (Å²) in [6, 6.07) is 21.1. The maximum atomic E-state index is 12.7. The van der Waals surface area contributed by atoms with Crippen molar-refractivity contribution in [2.75, 3.05) is 0 Å². The van der Waals surface area contributed by atoms with Crippen LogP contribution >= 0.6 is 11.6 Å². The Morgan fingerprint density at radius 3 is 2.58 bits per heavy atom. The minimum atomic E-state index is -0.588. The fourth-order valence-electron chi connectivity index (χ4n) is 3.00. The third-order valence-corrected chi connectivity index (χ3v) is 4.84. The average molecular weight is 430 g/mol. The van der Waals surface area contributed by atoms with Crippen molar-refractivity contribution in [1.29, 1.82) is 0 Å². The van der Waals surface area contributed by atoms with Gasteiger partial charge >= 0.3 is 5.97 Å². The number of carbonyl (C=O) groups excluding carboxylic acids is 2. The second-order valence-electron chi connectivity index (χ2n) is 6.51. The first-order valence-corrected chi connectivity index (χ1v) is 9.73. The molecule has 1 heterocycles. The molecule has 1 amide bonds. The van der Waals surface area contributed by atoms with Gasteiger partial charge in [0, 0.05) is 18.0 Å². The lowest BCUT2D eigenvalue weighted by Gasteiger charge is -2.11. The van der Waals surface area contributed by atoms with Gasteiger partial charge in [-0.1, -0.05) is 54.1 Å². The maximum Gasteiger partial charge on any atom is 0.345 e. The van der Waals surface area contributed by atoms with Crippen LogP contribution in [0.3, 0.4) is 0 Å². The number of aromatic nitrogens is 1. The third kappa shape index (κ3) is 4.60. The summed E-state index contributed by atoms with van der Waals surface area (Å²) in [4.78, 5) is 28.8. The lowest BCUT2D eigenvalue weighted by atomic mass is 10.0. The van der Waals surface area contributed by atoms with Gasteiger partial charge in [-0.25, -0.2) is 10.2 Å². The third-order valence-electron chi connectivity index (χ3n) is 4.51. The van der Waals surface area contributed by atoms with Gasteiger partial charge in [0.1, 0.15) is 5.75 Å². The number of amides is 1. The van der Waals surface area contributed by atoms with E-state index in [0.29, 0.717) is 21.9 Å². The quantitative estimate of drug-likeness (QED) is 0.212. The van der Waals surface area contributed by atoms with E-state index in [0.717, 1.165) is 10.8 Å². The zero-order chi connectivity index (χ0) is 21.6. The van der Waals surface area contributed by atoms with Crippen LogP contribution in [0.2, 0.25) is 5.02 Å². The Hall–Kier alpha value is -4.03. The van der Waals surface area contributed by atoms with Crippen LogP contribution in [0.1, 0.15) is 26.3 Å². The molecule has 31 heavy (non-hydrogen) atoms. The van der Waals surface area contributed by atoms with Crippen molar-refractivity contribution >= 4 is 40.5 Å². The van der Waals surface area contributed by atoms with Gasteiger partial charge in [-0.15, -0.1) is 0 Å². The molecule has 0 aliphatic rings. The Balaban J connectivity index is 1.65. The molecule has 0 aliphatic carbocycles. The normalized spacial score (nSPS) is 10.9. The molecule has 0 spiro atoms. The number of rotatable bonds is 5. The molecule has 0 bridgehead atoms. The molecule has 0 radical (unpaired) electrons. The highest BCUT2D eigenvalue weighted by molar-refractivity contribution is 6.33. The molecule has 3 aromatic carbocycles. The van der Waals surface area contributed by atoms with E-state index < -0.39 is 11.9 Å². The first-order valence-electron chi connectivity index (χ1n) is 9.35. The van der Waals surface area contributed by atoms with E-state index in [1.807, 2.05) is 30.3 Å². The van der Waals surface area contributed by atoms with Crippen molar-refractivity contribution in [2.24, 2.45) is 5.10 Å². The van der Waals surface area contributed by atoms with Crippen LogP contribution in [0, 0.1) is 0 Å². The number of fused-ring (bicyclic) bond motifs is 1. The maximum absolute atomic E-state index is 12.7. The molecule has 0 atom stereocenters. The zero-order valence-corrected chi connectivity index (χ0v) is 16.9. The van der Waals surface area contributed by atoms with E-state index >= 15 is 0 Å². The zero-order valence-electron chi connectivity index (χ0n) is 16.2. The van der Waals surface area contributed by atoms with Crippen molar-refractivity contribution in [2.45, 2.75) is 0 Å². The number of hydrogen-bond donors (Lipinski definition) is 1. The number of esters is 1. The number of halogens is 1. The van der Waals surface area contributed by atoms with Crippen LogP contribution < -0.4 is 10.2 Å². The highest BCUT2D eigenvalue weighted by Crippen LogP contribution is 2.28. The van der Waals surface area contributed by atoms with Gasteiger partial charge < -0.3 is 4.74 Å². The Labute approximate surface area is 183 Å². The number of nitrogens with one attached hydrogen (secondary N) is 1. The summed E-state index contributed by atoms with van der Waals surface area (Å²) in [6.45, 7) is 0. The van der Waals surface area contributed by atoms with E-state index in [-0.39, 0.29) is 5.56 Å².